The summed E-state index contributed by atoms with van der Waals surface area (Å²) in [5, 5.41) is 12.0. The minimum absolute atomic E-state index is 0.179. The zero-order valence-electron chi connectivity index (χ0n) is 17.6. The van der Waals surface area contributed by atoms with Crippen LogP contribution < -0.4 is 10.1 Å². The van der Waals surface area contributed by atoms with Gasteiger partial charge in [0.2, 0.25) is 0 Å². The van der Waals surface area contributed by atoms with Gasteiger partial charge in [0.25, 0.3) is 5.91 Å². The number of esters is 1. The third kappa shape index (κ3) is 6.21. The van der Waals surface area contributed by atoms with Crippen molar-refractivity contribution in [1.82, 2.24) is 0 Å². The molecule has 156 valence electrons. The number of rotatable bonds is 8. The molecule has 0 aliphatic carbocycles. The van der Waals surface area contributed by atoms with E-state index in [1.165, 1.54) is 13.0 Å². The quantitative estimate of drug-likeness (QED) is 0.390. The van der Waals surface area contributed by atoms with Gasteiger partial charge in [0.15, 0.2) is 6.10 Å². The lowest BCUT2D eigenvalue weighted by Crippen LogP contribution is -2.30. The number of ether oxygens (including phenoxy) is 2. The molecule has 0 aromatic heterocycles. The van der Waals surface area contributed by atoms with Crippen LogP contribution >= 0.6 is 0 Å². The van der Waals surface area contributed by atoms with E-state index in [0.717, 1.165) is 5.56 Å². The molecule has 0 unspecified atom stereocenters. The molecule has 1 N–H and O–H groups in total. The van der Waals surface area contributed by atoms with Crippen molar-refractivity contribution in [3.05, 3.63) is 65.2 Å². The molecule has 0 saturated heterocycles. The van der Waals surface area contributed by atoms with Gasteiger partial charge in [0.1, 0.15) is 17.4 Å². The zero-order valence-corrected chi connectivity index (χ0v) is 17.6. The van der Waals surface area contributed by atoms with E-state index in [1.807, 2.05) is 37.3 Å². The van der Waals surface area contributed by atoms with Gasteiger partial charge in [-0.25, -0.2) is 4.79 Å². The normalized spacial score (nSPS) is 12.1. The van der Waals surface area contributed by atoms with E-state index < -0.39 is 18.0 Å². The number of amides is 1. The van der Waals surface area contributed by atoms with E-state index in [4.69, 9.17) is 9.47 Å². The van der Waals surface area contributed by atoms with Crippen LogP contribution in [0.4, 0.5) is 5.69 Å². The molecule has 0 bridgehead atoms. The van der Waals surface area contributed by atoms with Crippen LogP contribution in [0, 0.1) is 11.3 Å². The Morgan fingerprint density at radius 3 is 2.37 bits per heavy atom. The first-order valence-corrected chi connectivity index (χ1v) is 9.81. The van der Waals surface area contributed by atoms with Crippen molar-refractivity contribution in [1.29, 1.82) is 5.26 Å². The number of nitrogens with zero attached hydrogens (tertiary/aromatic N) is 1. The number of carbonyl (C=O) groups is 2. The number of anilines is 1. The highest BCUT2D eigenvalue weighted by Gasteiger charge is 2.21. The SMILES string of the molecule is CCOc1ccccc1NC(=O)[C@H](C)OC(=O)/C(C#N)=C/c1ccc(C(C)C)cc1. The minimum Gasteiger partial charge on any atom is -0.492 e. The third-order valence-electron chi connectivity index (χ3n) is 4.35. The van der Waals surface area contributed by atoms with Crippen LogP contribution in [0.2, 0.25) is 0 Å². The Hall–Kier alpha value is -3.59. The molecule has 2 aromatic carbocycles. The van der Waals surface area contributed by atoms with Crippen molar-refractivity contribution in [2.75, 3.05) is 11.9 Å². The molecule has 0 aliphatic rings. The van der Waals surface area contributed by atoms with E-state index in [2.05, 4.69) is 19.2 Å². The highest BCUT2D eigenvalue weighted by atomic mass is 16.5. The number of hydrogen-bond donors (Lipinski definition) is 1. The van der Waals surface area contributed by atoms with Crippen molar-refractivity contribution >= 4 is 23.6 Å². The monoisotopic (exact) mass is 406 g/mol. The molecule has 6 nitrogen and oxygen atoms in total. The average Bonchev–Trinajstić information content (AvgIpc) is 2.73. The minimum atomic E-state index is -1.09. The standard InChI is InChI=1S/C24H26N2O4/c1-5-29-22-9-7-6-8-21(22)26-23(27)17(4)30-24(28)20(15-25)14-18-10-12-19(13-11-18)16(2)3/h6-14,16-17H,5H2,1-4H3,(H,26,27)/b20-14+/t17-/m0/s1. The van der Waals surface area contributed by atoms with Gasteiger partial charge in [0.05, 0.1) is 12.3 Å². The van der Waals surface area contributed by atoms with Crippen molar-refractivity contribution in [2.24, 2.45) is 0 Å². The summed E-state index contributed by atoms with van der Waals surface area (Å²) in [6.07, 6.45) is 0.355. The van der Waals surface area contributed by atoms with Gasteiger partial charge < -0.3 is 14.8 Å². The predicted molar refractivity (Wildman–Crippen MR) is 116 cm³/mol. The molecule has 6 heteroatoms. The van der Waals surface area contributed by atoms with Gasteiger partial charge in [0, 0.05) is 0 Å². The second kappa shape index (κ2) is 10.8. The molecule has 2 aromatic rings. The Morgan fingerprint density at radius 1 is 1.10 bits per heavy atom. The topological polar surface area (TPSA) is 88.4 Å². The Kier molecular flexibility index (Phi) is 8.18. The Labute approximate surface area is 177 Å². The van der Waals surface area contributed by atoms with Crippen molar-refractivity contribution in [2.45, 2.75) is 39.7 Å². The van der Waals surface area contributed by atoms with Gasteiger partial charge >= 0.3 is 5.97 Å². The molecule has 0 heterocycles. The molecule has 0 aliphatic heterocycles. The maximum Gasteiger partial charge on any atom is 0.349 e. The van der Waals surface area contributed by atoms with Crippen molar-refractivity contribution < 1.29 is 19.1 Å². The van der Waals surface area contributed by atoms with E-state index in [1.54, 1.807) is 24.3 Å². The van der Waals surface area contributed by atoms with Crippen LogP contribution in [0.5, 0.6) is 5.75 Å². The van der Waals surface area contributed by atoms with Gasteiger partial charge in [-0.15, -0.1) is 0 Å². The Bertz CT molecular complexity index is 956. The fraction of sp³-hybridized carbons (Fsp3) is 0.292. The molecule has 0 saturated carbocycles. The predicted octanol–water partition coefficient (Wildman–Crippen LogP) is 4.69. The van der Waals surface area contributed by atoms with Crippen LogP contribution in [-0.2, 0) is 14.3 Å². The number of nitriles is 1. The number of hydrogen-bond acceptors (Lipinski definition) is 5. The van der Waals surface area contributed by atoms with E-state index in [-0.39, 0.29) is 5.57 Å². The van der Waals surface area contributed by atoms with Gasteiger partial charge in [-0.1, -0.05) is 50.2 Å². The number of benzene rings is 2. The van der Waals surface area contributed by atoms with Crippen LogP contribution in [0.25, 0.3) is 6.08 Å². The van der Waals surface area contributed by atoms with Crippen LogP contribution in [-0.4, -0.2) is 24.6 Å². The van der Waals surface area contributed by atoms with Crippen LogP contribution in [0.3, 0.4) is 0 Å². The number of carbonyl (C=O) groups excluding carboxylic acids is 2. The summed E-state index contributed by atoms with van der Waals surface area (Å²) in [5.41, 5.74) is 2.16. The molecule has 0 spiro atoms. The molecule has 1 amide bonds. The summed E-state index contributed by atoms with van der Waals surface area (Å²) in [6, 6.07) is 16.4. The summed E-state index contributed by atoms with van der Waals surface area (Å²) >= 11 is 0. The van der Waals surface area contributed by atoms with Gasteiger partial charge in [-0.3, -0.25) is 4.79 Å². The van der Waals surface area contributed by atoms with Crippen LogP contribution in [0.15, 0.2) is 54.1 Å². The van der Waals surface area contributed by atoms with Crippen LogP contribution in [0.1, 0.15) is 44.7 Å². The lowest BCUT2D eigenvalue weighted by atomic mass is 10.0. The number of para-hydroxylation sites is 2. The van der Waals surface area contributed by atoms with Gasteiger partial charge in [-0.05, 0) is 49.1 Å². The number of nitrogens with one attached hydrogen (secondary N) is 1. The smallest absolute Gasteiger partial charge is 0.349 e. The first-order chi connectivity index (χ1) is 14.3. The molecule has 2 rings (SSSR count). The summed E-state index contributed by atoms with van der Waals surface area (Å²) in [7, 11) is 0. The highest BCUT2D eigenvalue weighted by molar-refractivity contribution is 6.01. The van der Waals surface area contributed by atoms with Crippen molar-refractivity contribution in [3.63, 3.8) is 0 Å². The largest absolute Gasteiger partial charge is 0.492 e. The third-order valence-corrected chi connectivity index (χ3v) is 4.35. The maximum atomic E-state index is 12.4. The molecular formula is C24H26N2O4. The lowest BCUT2D eigenvalue weighted by molar-refractivity contribution is -0.148. The molecule has 1 atom stereocenters. The van der Waals surface area contributed by atoms with E-state index in [9.17, 15) is 14.9 Å². The first kappa shape index (κ1) is 22.7. The van der Waals surface area contributed by atoms with E-state index >= 15 is 0 Å². The fourth-order valence-corrected chi connectivity index (χ4v) is 2.64. The van der Waals surface area contributed by atoms with Gasteiger partial charge in [-0.2, -0.15) is 5.26 Å². The summed E-state index contributed by atoms with van der Waals surface area (Å²) in [5.74, 6) is -0.467. The molecule has 0 radical (unpaired) electrons. The molecule has 30 heavy (non-hydrogen) atoms. The Balaban J connectivity index is 2.05. The van der Waals surface area contributed by atoms with Crippen molar-refractivity contribution in [3.8, 4) is 11.8 Å². The second-order valence-electron chi connectivity index (χ2n) is 6.96. The van der Waals surface area contributed by atoms with E-state index in [0.29, 0.717) is 29.5 Å². The Morgan fingerprint density at radius 2 is 1.77 bits per heavy atom. The highest BCUT2D eigenvalue weighted by Crippen LogP contribution is 2.24. The lowest BCUT2D eigenvalue weighted by Gasteiger charge is -2.15. The summed E-state index contributed by atoms with van der Waals surface area (Å²) in [4.78, 5) is 24.8. The first-order valence-electron chi connectivity index (χ1n) is 9.81. The summed E-state index contributed by atoms with van der Waals surface area (Å²) < 4.78 is 10.7. The maximum absolute atomic E-state index is 12.4. The summed E-state index contributed by atoms with van der Waals surface area (Å²) in [6.45, 7) is 7.91. The zero-order chi connectivity index (χ0) is 22.1. The molecule has 0 fully saturated rings. The second-order valence-corrected chi connectivity index (χ2v) is 6.96. The molecular weight excluding hydrogens is 380 g/mol. The fourth-order valence-electron chi connectivity index (χ4n) is 2.64. The average molecular weight is 406 g/mol.